The Kier molecular flexibility index (Phi) is 5.82. The summed E-state index contributed by atoms with van der Waals surface area (Å²) in [6.45, 7) is 2.46. The van der Waals surface area contributed by atoms with Crippen molar-refractivity contribution in [2.24, 2.45) is 0 Å². The lowest BCUT2D eigenvalue weighted by atomic mass is 10.2. The number of alkyl halides is 3. The fourth-order valence-electron chi connectivity index (χ4n) is 4.00. The first-order valence-corrected chi connectivity index (χ1v) is 11.4. The van der Waals surface area contributed by atoms with Crippen LogP contribution in [0.15, 0.2) is 53.9 Å². The van der Waals surface area contributed by atoms with Crippen LogP contribution in [0, 0.1) is 5.82 Å². The van der Waals surface area contributed by atoms with Gasteiger partial charge in [0.25, 0.3) is 5.91 Å². The molecule has 0 aliphatic carbocycles. The van der Waals surface area contributed by atoms with Gasteiger partial charge in [-0.25, -0.2) is 13.9 Å². The average Bonchev–Trinajstić information content (AvgIpc) is 3.48. The molecule has 0 bridgehead atoms. The van der Waals surface area contributed by atoms with E-state index in [0.717, 1.165) is 11.6 Å². The van der Waals surface area contributed by atoms with Crippen molar-refractivity contribution in [3.05, 3.63) is 76.7 Å². The zero-order valence-corrected chi connectivity index (χ0v) is 18.6. The van der Waals surface area contributed by atoms with Crippen LogP contribution in [0.25, 0.3) is 16.2 Å². The van der Waals surface area contributed by atoms with Crippen LogP contribution in [-0.2, 0) is 12.7 Å². The lowest BCUT2D eigenvalue weighted by Gasteiger charge is -2.34. The number of aromatic nitrogens is 3. The van der Waals surface area contributed by atoms with Gasteiger partial charge in [-0.1, -0.05) is 18.2 Å². The molecule has 5 rings (SSSR count). The second kappa shape index (κ2) is 8.80. The maximum absolute atomic E-state index is 13.7. The quantitative estimate of drug-likeness (QED) is 0.394. The van der Waals surface area contributed by atoms with E-state index in [4.69, 9.17) is 0 Å². The van der Waals surface area contributed by atoms with Gasteiger partial charge in [-0.15, -0.1) is 11.3 Å². The summed E-state index contributed by atoms with van der Waals surface area (Å²) in [7, 11) is 0. The molecule has 1 fully saturated rings. The first-order chi connectivity index (χ1) is 16.3. The van der Waals surface area contributed by atoms with Crippen LogP contribution in [-0.4, -0.2) is 56.5 Å². The molecule has 3 aromatic heterocycles. The Morgan fingerprint density at radius 2 is 1.82 bits per heavy atom. The third-order valence-electron chi connectivity index (χ3n) is 5.67. The molecule has 0 atom stereocenters. The first-order valence-electron chi connectivity index (χ1n) is 10.6. The molecule has 1 aliphatic rings. The van der Waals surface area contributed by atoms with Crippen molar-refractivity contribution in [3.8, 4) is 10.6 Å². The predicted molar refractivity (Wildman–Crippen MR) is 119 cm³/mol. The molecule has 1 saturated heterocycles. The standard InChI is InChI=1S/C23H19F4N5OS/c24-16-4-1-3-15(11-16)14-30-6-8-31(9-7-30)22(33)18-13-21-28-17(19-5-2-10-34-19)12-20(23(25,26)27)32(21)29-18/h1-5,10-13H,6-9,14H2. The second-order valence-electron chi connectivity index (χ2n) is 8.00. The van der Waals surface area contributed by atoms with Crippen molar-refractivity contribution >= 4 is 22.9 Å². The summed E-state index contributed by atoms with van der Waals surface area (Å²) in [6, 6.07) is 12.0. The van der Waals surface area contributed by atoms with Gasteiger partial charge in [0.15, 0.2) is 17.0 Å². The van der Waals surface area contributed by atoms with Gasteiger partial charge in [0.05, 0.1) is 10.6 Å². The molecule has 1 aromatic carbocycles. The normalized spacial score (nSPS) is 15.2. The molecule has 0 unspecified atom stereocenters. The van der Waals surface area contributed by atoms with Crippen LogP contribution in [0.2, 0.25) is 0 Å². The molecule has 0 spiro atoms. The zero-order chi connectivity index (χ0) is 23.9. The zero-order valence-electron chi connectivity index (χ0n) is 17.8. The number of hydrogen-bond acceptors (Lipinski definition) is 5. The summed E-state index contributed by atoms with van der Waals surface area (Å²) in [5.41, 5.74) is -0.0850. The van der Waals surface area contributed by atoms with E-state index < -0.39 is 17.8 Å². The Bertz CT molecular complexity index is 1330. The van der Waals surface area contributed by atoms with E-state index in [-0.39, 0.29) is 22.9 Å². The summed E-state index contributed by atoms with van der Waals surface area (Å²) >= 11 is 1.28. The van der Waals surface area contributed by atoms with Crippen LogP contribution >= 0.6 is 11.3 Å². The van der Waals surface area contributed by atoms with E-state index in [1.54, 1.807) is 28.5 Å². The number of thiophene rings is 1. The molecule has 0 radical (unpaired) electrons. The number of rotatable bonds is 4. The molecular formula is C23H19F4N5OS. The number of carbonyl (C=O) groups excluding carboxylic acids is 1. The molecule has 4 heterocycles. The molecule has 6 nitrogen and oxygen atoms in total. The maximum Gasteiger partial charge on any atom is 0.433 e. The van der Waals surface area contributed by atoms with Crippen LogP contribution < -0.4 is 0 Å². The number of benzene rings is 1. The number of piperazine rings is 1. The third-order valence-corrected chi connectivity index (χ3v) is 6.56. The minimum atomic E-state index is -4.66. The minimum Gasteiger partial charge on any atom is -0.335 e. The van der Waals surface area contributed by atoms with E-state index in [1.807, 2.05) is 6.07 Å². The second-order valence-corrected chi connectivity index (χ2v) is 8.95. The summed E-state index contributed by atoms with van der Waals surface area (Å²) in [4.78, 5) is 21.6. The van der Waals surface area contributed by atoms with Gasteiger partial charge in [0.1, 0.15) is 5.82 Å². The monoisotopic (exact) mass is 489 g/mol. The van der Waals surface area contributed by atoms with Gasteiger partial charge in [0, 0.05) is 38.8 Å². The number of amides is 1. The molecule has 0 saturated carbocycles. The average molecular weight is 489 g/mol. The lowest BCUT2D eigenvalue weighted by Crippen LogP contribution is -2.48. The van der Waals surface area contributed by atoms with Gasteiger partial charge in [-0.2, -0.15) is 18.3 Å². The van der Waals surface area contributed by atoms with E-state index in [2.05, 4.69) is 15.0 Å². The van der Waals surface area contributed by atoms with E-state index in [0.29, 0.717) is 42.1 Å². The van der Waals surface area contributed by atoms with Crippen LogP contribution in [0.3, 0.4) is 0 Å². The van der Waals surface area contributed by atoms with Crippen molar-refractivity contribution in [2.45, 2.75) is 12.7 Å². The van der Waals surface area contributed by atoms with Crippen molar-refractivity contribution in [1.82, 2.24) is 24.4 Å². The fraction of sp³-hybridized carbons (Fsp3) is 0.261. The first kappa shape index (κ1) is 22.5. The maximum atomic E-state index is 13.7. The third kappa shape index (κ3) is 4.53. The van der Waals surface area contributed by atoms with Gasteiger partial charge < -0.3 is 4.90 Å². The minimum absolute atomic E-state index is 0.0358. The summed E-state index contributed by atoms with van der Waals surface area (Å²) < 4.78 is 55.3. The topological polar surface area (TPSA) is 53.7 Å². The predicted octanol–water partition coefficient (Wildman–Crippen LogP) is 4.57. The highest BCUT2D eigenvalue weighted by Gasteiger charge is 2.36. The molecule has 1 aliphatic heterocycles. The van der Waals surface area contributed by atoms with Crippen molar-refractivity contribution in [3.63, 3.8) is 0 Å². The van der Waals surface area contributed by atoms with Crippen LogP contribution in [0.1, 0.15) is 21.7 Å². The number of halogens is 4. The fourth-order valence-corrected chi connectivity index (χ4v) is 4.68. The van der Waals surface area contributed by atoms with E-state index in [9.17, 15) is 22.4 Å². The number of carbonyl (C=O) groups is 1. The Hall–Kier alpha value is -3.31. The highest BCUT2D eigenvalue weighted by atomic mass is 32.1. The van der Waals surface area contributed by atoms with Crippen molar-refractivity contribution in [1.29, 1.82) is 0 Å². The number of nitrogens with zero attached hydrogens (tertiary/aromatic N) is 5. The largest absolute Gasteiger partial charge is 0.433 e. The molecule has 1 amide bonds. The smallest absolute Gasteiger partial charge is 0.335 e. The Morgan fingerprint density at radius 3 is 2.50 bits per heavy atom. The Labute approximate surface area is 196 Å². The SMILES string of the molecule is O=C(c1cc2nc(-c3cccs3)cc(C(F)(F)F)n2n1)N1CCN(Cc2cccc(F)c2)CC1. The summed E-state index contributed by atoms with van der Waals surface area (Å²) in [5, 5.41) is 5.72. The van der Waals surface area contributed by atoms with Crippen LogP contribution in [0.4, 0.5) is 17.6 Å². The van der Waals surface area contributed by atoms with E-state index in [1.165, 1.54) is 29.5 Å². The van der Waals surface area contributed by atoms with Crippen LogP contribution in [0.5, 0.6) is 0 Å². The molecule has 4 aromatic rings. The molecule has 34 heavy (non-hydrogen) atoms. The molecule has 176 valence electrons. The number of hydrogen-bond donors (Lipinski definition) is 0. The highest BCUT2D eigenvalue weighted by Crippen LogP contribution is 2.33. The Morgan fingerprint density at radius 1 is 1.03 bits per heavy atom. The van der Waals surface area contributed by atoms with E-state index >= 15 is 0 Å². The van der Waals surface area contributed by atoms with Crippen molar-refractivity contribution < 1.29 is 22.4 Å². The van der Waals surface area contributed by atoms with Crippen molar-refractivity contribution in [2.75, 3.05) is 26.2 Å². The summed E-state index contributed by atoms with van der Waals surface area (Å²) in [6.07, 6.45) is -4.66. The van der Waals surface area contributed by atoms with Gasteiger partial charge in [-0.05, 0) is 35.2 Å². The Balaban J connectivity index is 1.35. The number of fused-ring (bicyclic) bond motifs is 1. The molecule has 11 heteroatoms. The molecule has 0 N–H and O–H groups in total. The lowest BCUT2D eigenvalue weighted by molar-refractivity contribution is -0.142. The summed E-state index contributed by atoms with van der Waals surface area (Å²) in [5.74, 6) is -0.742. The highest BCUT2D eigenvalue weighted by molar-refractivity contribution is 7.13. The van der Waals surface area contributed by atoms with Gasteiger partial charge >= 0.3 is 6.18 Å². The van der Waals surface area contributed by atoms with Gasteiger partial charge in [0.2, 0.25) is 0 Å². The van der Waals surface area contributed by atoms with Gasteiger partial charge in [-0.3, -0.25) is 9.69 Å². The molecular weight excluding hydrogens is 470 g/mol.